The Bertz CT molecular complexity index is 617. The van der Waals surface area contributed by atoms with Gasteiger partial charge in [0.25, 0.3) is 0 Å². The van der Waals surface area contributed by atoms with Gasteiger partial charge >= 0.3 is 0 Å². The molecular weight excluding hydrogens is 558 g/mol. The van der Waals surface area contributed by atoms with Crippen molar-refractivity contribution in [3.8, 4) is 9.75 Å². The third-order valence-electron chi connectivity index (χ3n) is 2.47. The Morgan fingerprint density at radius 2 is 1.20 bits per heavy atom. The minimum absolute atomic E-state index is 0.367. The van der Waals surface area contributed by atoms with E-state index < -0.39 is 0 Å². The maximum absolute atomic E-state index is 12.0. The number of hydrogen-bond acceptors (Lipinski definition) is 6. The van der Waals surface area contributed by atoms with Gasteiger partial charge in [-0.15, -0.1) is 22.7 Å². The van der Waals surface area contributed by atoms with Crippen LogP contribution < -0.4 is 0 Å². The second-order valence-corrected chi connectivity index (χ2v) is 9.88. The zero-order chi connectivity index (χ0) is 14.9. The standard InChI is InChI=1S/C10H2I2O2S4.C2H6/c11-17-5-1-3-7(13)8(14)4-2-6(18-12)16-10(4)9(3)15-5;1-2/h1-2H;1-2H3. The summed E-state index contributed by atoms with van der Waals surface area (Å²) in [7, 11) is 3.15. The molecule has 3 rings (SSSR count). The van der Waals surface area contributed by atoms with Gasteiger partial charge in [-0.05, 0) is 30.0 Å². The van der Waals surface area contributed by atoms with Crippen molar-refractivity contribution in [2.75, 3.05) is 0 Å². The smallest absolute Gasteiger partial charge is 0.235 e. The minimum atomic E-state index is -0.367. The van der Waals surface area contributed by atoms with Crippen molar-refractivity contribution in [3.63, 3.8) is 0 Å². The molecule has 106 valence electrons. The lowest BCUT2D eigenvalue weighted by molar-refractivity contribution is 0.0816. The summed E-state index contributed by atoms with van der Waals surface area (Å²) in [4.78, 5) is 26.0. The predicted octanol–water partition coefficient (Wildman–Crippen LogP) is 6.77. The highest BCUT2D eigenvalue weighted by molar-refractivity contribution is 14.2. The minimum Gasteiger partial charge on any atom is -0.285 e. The number of ketones is 2. The molecule has 0 aliphatic heterocycles. The van der Waals surface area contributed by atoms with Crippen molar-refractivity contribution in [2.24, 2.45) is 0 Å². The lowest BCUT2D eigenvalue weighted by Gasteiger charge is -2.08. The van der Waals surface area contributed by atoms with E-state index in [1.165, 1.54) is 0 Å². The molecule has 2 aromatic rings. The second-order valence-electron chi connectivity index (χ2n) is 3.43. The summed E-state index contributed by atoms with van der Waals surface area (Å²) in [5.41, 5.74) is 1.15. The third kappa shape index (κ3) is 3.00. The molecule has 0 unspecified atom stereocenters. The molecule has 0 aromatic carbocycles. The fraction of sp³-hybridized carbons (Fsp3) is 0.167. The average molecular weight is 566 g/mol. The van der Waals surface area contributed by atoms with E-state index in [9.17, 15) is 9.59 Å². The van der Waals surface area contributed by atoms with E-state index in [-0.39, 0.29) is 11.6 Å². The maximum Gasteiger partial charge on any atom is 0.235 e. The molecule has 20 heavy (non-hydrogen) atoms. The van der Waals surface area contributed by atoms with E-state index >= 15 is 0 Å². The molecule has 0 bridgehead atoms. The number of carbonyl (C=O) groups excluding carboxylic acids is 2. The molecule has 0 amide bonds. The predicted molar refractivity (Wildman–Crippen MR) is 107 cm³/mol. The Balaban J connectivity index is 0.000000704. The quantitative estimate of drug-likeness (QED) is 0.297. The summed E-state index contributed by atoms with van der Waals surface area (Å²) in [5.74, 6) is -0.735. The van der Waals surface area contributed by atoms with Gasteiger partial charge in [0.15, 0.2) is 0 Å². The molecule has 0 spiro atoms. The van der Waals surface area contributed by atoms with Crippen LogP contribution in [0.1, 0.15) is 34.6 Å². The molecule has 1 aliphatic carbocycles. The van der Waals surface area contributed by atoms with Gasteiger partial charge < -0.3 is 0 Å². The highest BCUT2D eigenvalue weighted by Gasteiger charge is 2.34. The molecular formula is C12H8I2O2S4. The van der Waals surface area contributed by atoms with Gasteiger partial charge in [0.05, 0.1) is 18.2 Å². The van der Waals surface area contributed by atoms with Crippen LogP contribution in [0.25, 0.3) is 9.75 Å². The van der Waals surface area contributed by atoms with Crippen molar-refractivity contribution in [1.29, 1.82) is 0 Å². The summed E-state index contributed by atoms with van der Waals surface area (Å²) in [6.07, 6.45) is 0. The third-order valence-corrected chi connectivity index (χ3v) is 10.7. The molecule has 2 nitrogen and oxygen atoms in total. The number of halogens is 2. The number of thiophene rings is 2. The molecule has 8 heteroatoms. The Morgan fingerprint density at radius 3 is 1.50 bits per heavy atom. The first-order chi connectivity index (χ1) is 9.65. The summed E-state index contributed by atoms with van der Waals surface area (Å²) in [6, 6.07) is 3.66. The summed E-state index contributed by atoms with van der Waals surface area (Å²) in [5, 5.41) is 0. The SMILES string of the molecule is CC.O=C1C(=O)c2cc(SI)sc2-c2sc(SI)cc21. The number of hydrogen-bond donors (Lipinski definition) is 0. The van der Waals surface area contributed by atoms with Crippen molar-refractivity contribution in [3.05, 3.63) is 23.3 Å². The van der Waals surface area contributed by atoms with Gasteiger partial charge in [0, 0.05) is 53.5 Å². The molecule has 0 saturated carbocycles. The molecule has 0 fully saturated rings. The lowest BCUT2D eigenvalue weighted by atomic mass is 9.96. The van der Waals surface area contributed by atoms with Gasteiger partial charge in [-0.3, -0.25) is 9.59 Å². The van der Waals surface area contributed by atoms with Gasteiger partial charge in [-0.2, -0.15) is 0 Å². The normalized spacial score (nSPS) is 12.6. The van der Waals surface area contributed by atoms with Crippen LogP contribution in [0.5, 0.6) is 0 Å². The highest BCUT2D eigenvalue weighted by atomic mass is 127. The fourth-order valence-electron chi connectivity index (χ4n) is 1.73. The first kappa shape index (κ1) is 17.3. The van der Waals surface area contributed by atoms with Gasteiger partial charge in [0.1, 0.15) is 0 Å². The topological polar surface area (TPSA) is 34.1 Å². The molecule has 1 aliphatic rings. The van der Waals surface area contributed by atoms with E-state index in [2.05, 4.69) is 42.4 Å². The molecule has 2 heterocycles. The van der Waals surface area contributed by atoms with E-state index in [1.54, 1.807) is 40.5 Å². The molecule has 0 atom stereocenters. The van der Waals surface area contributed by atoms with Crippen molar-refractivity contribution >= 4 is 94.5 Å². The zero-order valence-electron chi connectivity index (χ0n) is 10.4. The van der Waals surface area contributed by atoms with Crippen molar-refractivity contribution in [1.82, 2.24) is 0 Å². The molecule has 0 N–H and O–H groups in total. The van der Waals surface area contributed by atoms with Crippen molar-refractivity contribution < 1.29 is 9.59 Å². The molecule has 0 radical (unpaired) electrons. The van der Waals surface area contributed by atoms with E-state index in [0.717, 1.165) is 18.2 Å². The Kier molecular flexibility index (Phi) is 6.42. The number of fused-ring (bicyclic) bond motifs is 3. The van der Waals surface area contributed by atoms with Gasteiger partial charge in [-0.1, -0.05) is 13.8 Å². The Labute approximate surface area is 157 Å². The lowest BCUT2D eigenvalue weighted by Crippen LogP contribution is -2.18. The zero-order valence-corrected chi connectivity index (χ0v) is 17.9. The average Bonchev–Trinajstić information content (AvgIpc) is 3.10. The summed E-state index contributed by atoms with van der Waals surface area (Å²) >= 11 is 7.56. The van der Waals surface area contributed by atoms with Crippen LogP contribution in [-0.4, -0.2) is 11.6 Å². The Hall–Kier alpha value is 0.900. The number of Topliss-reactive ketones (excluding diaryl/α,β-unsaturated/α-hetero) is 2. The maximum atomic E-state index is 12.0. The first-order valence-electron chi connectivity index (χ1n) is 5.60. The molecule has 2 aromatic heterocycles. The largest absolute Gasteiger partial charge is 0.285 e. The van der Waals surface area contributed by atoms with Gasteiger partial charge in [-0.25, -0.2) is 0 Å². The second kappa shape index (κ2) is 7.44. The summed E-state index contributed by atoms with van der Waals surface area (Å²) < 4.78 is 2.12. The number of carbonyl (C=O) groups is 2. The van der Waals surface area contributed by atoms with Gasteiger partial charge in [0.2, 0.25) is 11.6 Å². The first-order valence-corrected chi connectivity index (χ1v) is 13.9. The van der Waals surface area contributed by atoms with Crippen LogP contribution in [0.2, 0.25) is 0 Å². The van der Waals surface area contributed by atoms with Crippen LogP contribution in [-0.2, 0) is 0 Å². The highest BCUT2D eigenvalue weighted by Crippen LogP contribution is 2.49. The van der Waals surface area contributed by atoms with Crippen LogP contribution in [0.15, 0.2) is 20.6 Å². The monoisotopic (exact) mass is 566 g/mol. The van der Waals surface area contributed by atoms with Crippen LogP contribution >= 0.6 is 83.0 Å². The van der Waals surface area contributed by atoms with Crippen LogP contribution in [0.3, 0.4) is 0 Å². The van der Waals surface area contributed by atoms with Crippen molar-refractivity contribution in [2.45, 2.75) is 22.3 Å². The van der Waals surface area contributed by atoms with E-state index in [4.69, 9.17) is 0 Å². The van der Waals surface area contributed by atoms with Crippen LogP contribution in [0.4, 0.5) is 0 Å². The van der Waals surface area contributed by atoms with Crippen LogP contribution in [0, 0.1) is 0 Å². The molecule has 0 saturated heterocycles. The van der Waals surface area contributed by atoms with E-state index in [1.807, 2.05) is 26.0 Å². The Morgan fingerprint density at radius 1 is 0.850 bits per heavy atom. The van der Waals surface area contributed by atoms with E-state index in [0.29, 0.717) is 11.1 Å². The number of rotatable bonds is 2. The summed E-state index contributed by atoms with van der Waals surface area (Å²) in [6.45, 7) is 4.00. The fourth-order valence-corrected chi connectivity index (χ4v) is 7.12.